The Balaban J connectivity index is 2.27. The van der Waals surface area contributed by atoms with Gasteiger partial charge in [0.1, 0.15) is 0 Å². The van der Waals surface area contributed by atoms with Gasteiger partial charge in [-0.05, 0) is 37.5 Å². The molecule has 18 heavy (non-hydrogen) atoms. The van der Waals surface area contributed by atoms with Crippen LogP contribution in [-0.4, -0.2) is 44.1 Å². The lowest BCUT2D eigenvalue weighted by molar-refractivity contribution is 0.228. The van der Waals surface area contributed by atoms with Crippen LogP contribution >= 0.6 is 0 Å². The number of piperidine rings is 1. The second kappa shape index (κ2) is 7.43. The van der Waals surface area contributed by atoms with Crippen molar-refractivity contribution in [2.75, 3.05) is 26.2 Å². The third-order valence-electron chi connectivity index (χ3n) is 3.55. The standard InChI is InChI=1S/C12H26N2O3S/c1-11-5-8-14(9-6-11)18(16,17)13-7-3-4-12(2)10-15/h11-13,15H,3-10H2,1-2H3. The van der Waals surface area contributed by atoms with E-state index < -0.39 is 10.2 Å². The van der Waals surface area contributed by atoms with Gasteiger partial charge in [0.15, 0.2) is 0 Å². The molecule has 0 aliphatic carbocycles. The summed E-state index contributed by atoms with van der Waals surface area (Å²) < 4.78 is 28.1. The smallest absolute Gasteiger partial charge is 0.279 e. The molecule has 0 aromatic rings. The molecule has 0 aromatic heterocycles. The number of hydrogen-bond acceptors (Lipinski definition) is 3. The molecule has 1 aliphatic rings. The highest BCUT2D eigenvalue weighted by Crippen LogP contribution is 2.17. The topological polar surface area (TPSA) is 69.6 Å². The normalized spacial score (nSPS) is 21.1. The molecule has 5 nitrogen and oxygen atoms in total. The van der Waals surface area contributed by atoms with Gasteiger partial charge in [-0.25, -0.2) is 4.72 Å². The molecule has 1 rings (SSSR count). The van der Waals surface area contributed by atoms with Crippen molar-refractivity contribution in [1.82, 2.24) is 9.03 Å². The number of aliphatic hydroxyl groups excluding tert-OH is 1. The predicted molar refractivity (Wildman–Crippen MR) is 72.4 cm³/mol. The van der Waals surface area contributed by atoms with Gasteiger partial charge < -0.3 is 5.11 Å². The summed E-state index contributed by atoms with van der Waals surface area (Å²) in [6.07, 6.45) is 3.51. The lowest BCUT2D eigenvalue weighted by Gasteiger charge is -2.29. The molecule has 0 saturated carbocycles. The van der Waals surface area contributed by atoms with E-state index in [1.54, 1.807) is 4.31 Å². The first kappa shape index (κ1) is 15.9. The number of hydrogen-bond donors (Lipinski definition) is 2. The molecule has 0 spiro atoms. The van der Waals surface area contributed by atoms with Gasteiger partial charge in [-0.15, -0.1) is 0 Å². The average Bonchev–Trinajstić information content (AvgIpc) is 2.35. The van der Waals surface area contributed by atoms with Crippen molar-refractivity contribution in [3.8, 4) is 0 Å². The Morgan fingerprint density at radius 3 is 2.56 bits per heavy atom. The highest BCUT2D eigenvalue weighted by Gasteiger charge is 2.25. The maximum absolute atomic E-state index is 12.0. The van der Waals surface area contributed by atoms with Gasteiger partial charge in [0.05, 0.1) is 0 Å². The molecular weight excluding hydrogens is 252 g/mol. The first-order chi connectivity index (χ1) is 8.45. The molecule has 0 radical (unpaired) electrons. The Bertz CT molecular complexity index is 324. The Kier molecular flexibility index (Phi) is 6.55. The summed E-state index contributed by atoms with van der Waals surface area (Å²) in [5, 5.41) is 8.88. The molecule has 2 N–H and O–H groups in total. The van der Waals surface area contributed by atoms with E-state index in [4.69, 9.17) is 5.11 Å². The Labute approximate surface area is 111 Å². The van der Waals surface area contributed by atoms with Crippen molar-refractivity contribution < 1.29 is 13.5 Å². The molecule has 1 saturated heterocycles. The summed E-state index contributed by atoms with van der Waals surface area (Å²) in [5.74, 6) is 0.868. The van der Waals surface area contributed by atoms with E-state index in [0.717, 1.165) is 25.7 Å². The summed E-state index contributed by atoms with van der Waals surface area (Å²) in [6.45, 7) is 6.00. The van der Waals surface area contributed by atoms with Gasteiger partial charge in [-0.3, -0.25) is 0 Å². The van der Waals surface area contributed by atoms with Crippen LogP contribution in [0.15, 0.2) is 0 Å². The highest BCUT2D eigenvalue weighted by atomic mass is 32.2. The van der Waals surface area contributed by atoms with Gasteiger partial charge in [0.2, 0.25) is 0 Å². The SMILES string of the molecule is CC(CO)CCCNS(=O)(=O)N1CCC(C)CC1. The van der Waals surface area contributed by atoms with Crippen LogP contribution < -0.4 is 4.72 Å². The lowest BCUT2D eigenvalue weighted by atomic mass is 10.0. The third-order valence-corrected chi connectivity index (χ3v) is 5.17. The quantitative estimate of drug-likeness (QED) is 0.682. The third kappa shape index (κ3) is 5.22. The van der Waals surface area contributed by atoms with Crippen molar-refractivity contribution in [3.05, 3.63) is 0 Å². The van der Waals surface area contributed by atoms with Crippen molar-refractivity contribution in [1.29, 1.82) is 0 Å². The zero-order chi connectivity index (χ0) is 13.6. The van der Waals surface area contributed by atoms with Crippen molar-refractivity contribution in [2.24, 2.45) is 11.8 Å². The minimum Gasteiger partial charge on any atom is -0.396 e. The van der Waals surface area contributed by atoms with Crippen molar-refractivity contribution in [2.45, 2.75) is 39.5 Å². The van der Waals surface area contributed by atoms with Gasteiger partial charge in [-0.1, -0.05) is 13.8 Å². The zero-order valence-electron chi connectivity index (χ0n) is 11.4. The number of aliphatic hydroxyl groups is 1. The molecule has 1 unspecified atom stereocenters. The number of rotatable bonds is 7. The van der Waals surface area contributed by atoms with E-state index >= 15 is 0 Å². The first-order valence-corrected chi connectivity index (χ1v) is 8.25. The largest absolute Gasteiger partial charge is 0.396 e. The van der Waals surface area contributed by atoms with Gasteiger partial charge in [0, 0.05) is 26.2 Å². The number of nitrogens with zero attached hydrogens (tertiary/aromatic N) is 1. The molecule has 108 valence electrons. The number of nitrogens with one attached hydrogen (secondary N) is 1. The van der Waals surface area contributed by atoms with Crippen molar-refractivity contribution in [3.63, 3.8) is 0 Å². The van der Waals surface area contributed by atoms with Crippen LogP contribution in [0, 0.1) is 11.8 Å². The molecule has 0 aromatic carbocycles. The van der Waals surface area contributed by atoms with Crippen molar-refractivity contribution >= 4 is 10.2 Å². The molecule has 1 fully saturated rings. The molecule has 0 bridgehead atoms. The van der Waals surface area contributed by atoms with Gasteiger partial charge in [-0.2, -0.15) is 12.7 Å². The van der Waals surface area contributed by atoms with E-state index in [-0.39, 0.29) is 12.5 Å². The molecule has 0 amide bonds. The van der Waals surface area contributed by atoms with E-state index in [1.165, 1.54) is 0 Å². The fourth-order valence-corrected chi connectivity index (χ4v) is 3.34. The fourth-order valence-electron chi connectivity index (χ4n) is 2.06. The predicted octanol–water partition coefficient (Wildman–Crippen LogP) is 0.961. The second-order valence-corrected chi connectivity index (χ2v) is 7.17. The van der Waals surface area contributed by atoms with Gasteiger partial charge in [0.25, 0.3) is 10.2 Å². The summed E-state index contributed by atoms with van der Waals surface area (Å²) in [7, 11) is -3.29. The van der Waals surface area contributed by atoms with Crippen LogP contribution in [0.1, 0.15) is 39.5 Å². The van der Waals surface area contributed by atoms with Crippen LogP contribution in [0.4, 0.5) is 0 Å². The van der Waals surface area contributed by atoms with E-state index in [2.05, 4.69) is 11.6 Å². The minimum atomic E-state index is -3.29. The van der Waals surface area contributed by atoms with Crippen LogP contribution in [0.5, 0.6) is 0 Å². The minimum absolute atomic E-state index is 0.163. The molecule has 1 atom stereocenters. The van der Waals surface area contributed by atoms with Gasteiger partial charge >= 0.3 is 0 Å². The lowest BCUT2D eigenvalue weighted by Crippen LogP contribution is -2.44. The maximum Gasteiger partial charge on any atom is 0.279 e. The molecule has 6 heteroatoms. The van der Waals surface area contributed by atoms with E-state index in [0.29, 0.717) is 25.6 Å². The fraction of sp³-hybridized carbons (Fsp3) is 1.00. The van der Waals surface area contributed by atoms with Crippen LogP contribution in [0.2, 0.25) is 0 Å². The highest BCUT2D eigenvalue weighted by molar-refractivity contribution is 7.87. The summed E-state index contributed by atoms with van der Waals surface area (Å²) in [5.41, 5.74) is 0. The Morgan fingerprint density at radius 1 is 1.39 bits per heavy atom. The Hall–Kier alpha value is -0.170. The van der Waals surface area contributed by atoms with E-state index in [9.17, 15) is 8.42 Å². The van der Waals surface area contributed by atoms with Crippen LogP contribution in [0.25, 0.3) is 0 Å². The monoisotopic (exact) mass is 278 g/mol. The summed E-state index contributed by atoms with van der Waals surface area (Å²) in [4.78, 5) is 0. The average molecular weight is 278 g/mol. The Morgan fingerprint density at radius 2 is 2.00 bits per heavy atom. The van der Waals surface area contributed by atoms with E-state index in [1.807, 2.05) is 6.92 Å². The first-order valence-electron chi connectivity index (χ1n) is 6.81. The maximum atomic E-state index is 12.0. The second-order valence-electron chi connectivity index (χ2n) is 5.41. The summed E-state index contributed by atoms with van der Waals surface area (Å²) >= 11 is 0. The molecule has 1 heterocycles. The summed E-state index contributed by atoms with van der Waals surface area (Å²) in [6, 6.07) is 0. The molecule has 1 aliphatic heterocycles. The van der Waals surface area contributed by atoms with Crippen LogP contribution in [0.3, 0.4) is 0 Å². The van der Waals surface area contributed by atoms with Crippen LogP contribution in [-0.2, 0) is 10.2 Å². The zero-order valence-corrected chi connectivity index (χ0v) is 12.2. The molecular formula is C12H26N2O3S.